The summed E-state index contributed by atoms with van der Waals surface area (Å²) >= 11 is 5.46. The van der Waals surface area contributed by atoms with Crippen LogP contribution in [-0.4, -0.2) is 28.9 Å². The molecule has 0 atom stereocenters. The summed E-state index contributed by atoms with van der Waals surface area (Å²) in [6.07, 6.45) is 0. The number of amidine groups is 1. The molecule has 1 N–H and O–H groups in total. The van der Waals surface area contributed by atoms with Gasteiger partial charge < -0.3 is 10.2 Å². The lowest BCUT2D eigenvalue weighted by atomic mass is 10.2. The van der Waals surface area contributed by atoms with Crippen LogP contribution < -0.4 is 5.32 Å². The fraction of sp³-hybridized carbons (Fsp3) is 0.263. The normalized spacial score (nSPS) is 11.2. The number of aryl methyl sites for hydroxylation is 1. The van der Waals surface area contributed by atoms with Gasteiger partial charge in [0.05, 0.1) is 0 Å². The van der Waals surface area contributed by atoms with Crippen molar-refractivity contribution in [3.63, 3.8) is 0 Å². The van der Waals surface area contributed by atoms with Gasteiger partial charge in [0.2, 0.25) is 0 Å². The Morgan fingerprint density at radius 3 is 2.22 bits per heavy atom. The van der Waals surface area contributed by atoms with Crippen LogP contribution in [0.1, 0.15) is 25.0 Å². The Morgan fingerprint density at radius 1 is 1.00 bits per heavy atom. The molecule has 0 radical (unpaired) electrons. The molecular weight excluding hydrogens is 302 g/mol. The summed E-state index contributed by atoms with van der Waals surface area (Å²) in [6, 6.07) is 18.2. The SMILES string of the molecule is CCN(CC)/C(=N/C(=S)Nc1ccccc1C)c1ccccc1. The highest BCUT2D eigenvalue weighted by Crippen LogP contribution is 2.14. The lowest BCUT2D eigenvalue weighted by Gasteiger charge is -2.23. The fourth-order valence-electron chi connectivity index (χ4n) is 2.38. The molecule has 0 bridgehead atoms. The molecule has 2 rings (SSSR count). The highest BCUT2D eigenvalue weighted by molar-refractivity contribution is 7.80. The van der Waals surface area contributed by atoms with Gasteiger partial charge in [0, 0.05) is 24.3 Å². The van der Waals surface area contributed by atoms with Crippen molar-refractivity contribution >= 4 is 28.9 Å². The van der Waals surface area contributed by atoms with Crippen LogP contribution >= 0.6 is 12.2 Å². The maximum atomic E-state index is 5.46. The van der Waals surface area contributed by atoms with E-state index in [2.05, 4.69) is 54.2 Å². The van der Waals surface area contributed by atoms with E-state index in [-0.39, 0.29) is 0 Å². The van der Waals surface area contributed by atoms with Crippen molar-refractivity contribution in [1.29, 1.82) is 0 Å². The Balaban J connectivity index is 2.29. The van der Waals surface area contributed by atoms with Gasteiger partial charge in [-0.15, -0.1) is 0 Å². The zero-order valence-corrected chi connectivity index (χ0v) is 14.7. The summed E-state index contributed by atoms with van der Waals surface area (Å²) in [6.45, 7) is 8.07. The van der Waals surface area contributed by atoms with Crippen LogP contribution in [0, 0.1) is 6.92 Å². The Kier molecular flexibility index (Phi) is 6.29. The van der Waals surface area contributed by atoms with Crippen molar-refractivity contribution in [2.45, 2.75) is 20.8 Å². The van der Waals surface area contributed by atoms with E-state index in [0.717, 1.165) is 35.7 Å². The molecule has 0 fully saturated rings. The van der Waals surface area contributed by atoms with E-state index < -0.39 is 0 Å². The van der Waals surface area contributed by atoms with Crippen LogP contribution in [0.15, 0.2) is 59.6 Å². The van der Waals surface area contributed by atoms with Crippen LogP contribution in [0.5, 0.6) is 0 Å². The number of thiocarbonyl (C=S) groups is 1. The van der Waals surface area contributed by atoms with Gasteiger partial charge in [-0.2, -0.15) is 0 Å². The van der Waals surface area contributed by atoms with Gasteiger partial charge in [0.25, 0.3) is 0 Å². The molecule has 4 heteroatoms. The first-order valence-electron chi connectivity index (χ1n) is 7.91. The molecule has 3 nitrogen and oxygen atoms in total. The summed E-state index contributed by atoms with van der Waals surface area (Å²) in [5.74, 6) is 0.904. The maximum absolute atomic E-state index is 5.46. The molecule has 0 aromatic heterocycles. The molecule has 0 amide bonds. The number of nitrogens with one attached hydrogen (secondary N) is 1. The number of hydrogen-bond donors (Lipinski definition) is 1. The van der Waals surface area contributed by atoms with Crippen LogP contribution in [0.25, 0.3) is 0 Å². The van der Waals surface area contributed by atoms with E-state index in [1.165, 1.54) is 0 Å². The van der Waals surface area contributed by atoms with Crippen LogP contribution in [-0.2, 0) is 0 Å². The molecule has 0 saturated carbocycles. The summed E-state index contributed by atoms with van der Waals surface area (Å²) in [7, 11) is 0. The van der Waals surface area contributed by atoms with Gasteiger partial charge in [0.15, 0.2) is 5.11 Å². The Morgan fingerprint density at radius 2 is 1.61 bits per heavy atom. The van der Waals surface area contributed by atoms with Crippen molar-refractivity contribution in [1.82, 2.24) is 4.90 Å². The third kappa shape index (κ3) is 4.63. The van der Waals surface area contributed by atoms with Gasteiger partial charge in [-0.1, -0.05) is 48.5 Å². The Bertz CT molecular complexity index is 676. The zero-order chi connectivity index (χ0) is 16.7. The second-order valence-electron chi connectivity index (χ2n) is 5.22. The van der Waals surface area contributed by atoms with E-state index in [0.29, 0.717) is 5.11 Å². The monoisotopic (exact) mass is 325 g/mol. The lowest BCUT2D eigenvalue weighted by molar-refractivity contribution is 0.467. The first-order valence-corrected chi connectivity index (χ1v) is 8.32. The number of nitrogens with zero attached hydrogens (tertiary/aromatic N) is 2. The second-order valence-corrected chi connectivity index (χ2v) is 5.61. The Labute approximate surface area is 144 Å². The van der Waals surface area contributed by atoms with Gasteiger partial charge >= 0.3 is 0 Å². The number of rotatable bonds is 4. The highest BCUT2D eigenvalue weighted by Gasteiger charge is 2.11. The first kappa shape index (κ1) is 17.2. The number of hydrogen-bond acceptors (Lipinski definition) is 1. The third-order valence-corrected chi connectivity index (χ3v) is 3.88. The number of aliphatic imine (C=N–C) groups is 1. The van der Waals surface area contributed by atoms with Crippen molar-refractivity contribution in [2.24, 2.45) is 4.99 Å². The smallest absolute Gasteiger partial charge is 0.199 e. The topological polar surface area (TPSA) is 27.6 Å². The molecule has 0 saturated heterocycles. The summed E-state index contributed by atoms with van der Waals surface area (Å²) in [5.41, 5.74) is 3.22. The fourth-order valence-corrected chi connectivity index (χ4v) is 2.58. The second kappa shape index (κ2) is 8.44. The van der Waals surface area contributed by atoms with Gasteiger partial charge in [-0.05, 0) is 44.6 Å². The predicted molar refractivity (Wildman–Crippen MR) is 103 cm³/mol. The number of anilines is 1. The van der Waals surface area contributed by atoms with Gasteiger partial charge in [0.1, 0.15) is 5.84 Å². The first-order chi connectivity index (χ1) is 11.2. The maximum Gasteiger partial charge on any atom is 0.199 e. The minimum absolute atomic E-state index is 0.477. The zero-order valence-electron chi connectivity index (χ0n) is 13.9. The predicted octanol–water partition coefficient (Wildman–Crippen LogP) is 4.48. The van der Waals surface area contributed by atoms with E-state index in [4.69, 9.17) is 12.2 Å². The van der Waals surface area contributed by atoms with E-state index in [1.54, 1.807) is 0 Å². The molecule has 2 aromatic rings. The average molecular weight is 325 g/mol. The van der Waals surface area contributed by atoms with Crippen molar-refractivity contribution in [3.05, 3.63) is 65.7 Å². The van der Waals surface area contributed by atoms with Gasteiger partial charge in [-0.25, -0.2) is 4.99 Å². The standard InChI is InChI=1S/C19H23N3S/c1-4-22(5-2)18(16-12-7-6-8-13-16)21-19(23)20-17-14-10-9-11-15(17)3/h6-14H,4-5H2,1-3H3,(H,20,23)/b21-18+. The number of benzene rings is 2. The molecule has 0 spiro atoms. The number of para-hydroxylation sites is 1. The molecule has 0 aliphatic carbocycles. The molecule has 23 heavy (non-hydrogen) atoms. The van der Waals surface area contributed by atoms with Gasteiger partial charge in [-0.3, -0.25) is 0 Å². The van der Waals surface area contributed by atoms with E-state index >= 15 is 0 Å². The summed E-state index contributed by atoms with van der Waals surface area (Å²) < 4.78 is 0. The third-order valence-electron chi connectivity index (χ3n) is 3.69. The molecule has 0 aliphatic rings. The van der Waals surface area contributed by atoms with E-state index in [9.17, 15) is 0 Å². The molecule has 120 valence electrons. The minimum atomic E-state index is 0.477. The highest BCUT2D eigenvalue weighted by atomic mass is 32.1. The van der Waals surface area contributed by atoms with Crippen LogP contribution in [0.3, 0.4) is 0 Å². The molecule has 0 unspecified atom stereocenters. The molecular formula is C19H23N3S. The quantitative estimate of drug-likeness (QED) is 0.510. The summed E-state index contributed by atoms with van der Waals surface area (Å²) in [4.78, 5) is 6.90. The van der Waals surface area contributed by atoms with Crippen molar-refractivity contribution < 1.29 is 0 Å². The van der Waals surface area contributed by atoms with Crippen molar-refractivity contribution in [2.75, 3.05) is 18.4 Å². The van der Waals surface area contributed by atoms with Crippen LogP contribution in [0.4, 0.5) is 5.69 Å². The lowest BCUT2D eigenvalue weighted by Crippen LogP contribution is -2.32. The van der Waals surface area contributed by atoms with E-state index in [1.807, 2.05) is 36.4 Å². The van der Waals surface area contributed by atoms with Crippen molar-refractivity contribution in [3.8, 4) is 0 Å². The minimum Gasteiger partial charge on any atom is -0.357 e. The molecule has 0 heterocycles. The average Bonchev–Trinajstić information content (AvgIpc) is 2.58. The molecule has 2 aromatic carbocycles. The molecule has 0 aliphatic heterocycles. The largest absolute Gasteiger partial charge is 0.357 e. The Hall–Kier alpha value is -2.20. The summed E-state index contributed by atoms with van der Waals surface area (Å²) in [5, 5.41) is 3.71. The van der Waals surface area contributed by atoms with Crippen LogP contribution in [0.2, 0.25) is 0 Å².